The van der Waals surface area contributed by atoms with Crippen LogP contribution < -0.4 is 5.32 Å². The molecule has 0 aromatic carbocycles. The standard InChI is InChI=1S/C14H31N3O/c1-3-5-9-16(4-2)12-14(18)13-17-10-6-7-15-8-11-17/h14-15,18H,3-13H2,1-2H3/t14-/m1/s1. The average Bonchev–Trinajstić information content (AvgIpc) is 2.63. The van der Waals surface area contributed by atoms with Gasteiger partial charge in [-0.05, 0) is 39.0 Å². The summed E-state index contributed by atoms with van der Waals surface area (Å²) in [5, 5.41) is 13.6. The van der Waals surface area contributed by atoms with Crippen molar-refractivity contribution in [3.8, 4) is 0 Å². The topological polar surface area (TPSA) is 38.7 Å². The summed E-state index contributed by atoms with van der Waals surface area (Å²) in [7, 11) is 0. The number of unbranched alkanes of at least 4 members (excludes halogenated alkanes) is 1. The lowest BCUT2D eigenvalue weighted by Crippen LogP contribution is -2.41. The van der Waals surface area contributed by atoms with E-state index < -0.39 is 0 Å². The van der Waals surface area contributed by atoms with Crippen molar-refractivity contribution in [2.24, 2.45) is 0 Å². The first-order chi connectivity index (χ1) is 8.76. The highest BCUT2D eigenvalue weighted by Gasteiger charge is 2.15. The Kier molecular flexibility index (Phi) is 8.59. The molecule has 1 atom stereocenters. The molecule has 108 valence electrons. The van der Waals surface area contributed by atoms with Crippen molar-refractivity contribution in [2.45, 2.75) is 39.2 Å². The number of nitrogens with zero attached hydrogens (tertiary/aromatic N) is 2. The summed E-state index contributed by atoms with van der Waals surface area (Å²) in [5.41, 5.74) is 0. The summed E-state index contributed by atoms with van der Waals surface area (Å²) < 4.78 is 0. The van der Waals surface area contributed by atoms with Gasteiger partial charge in [0.15, 0.2) is 0 Å². The van der Waals surface area contributed by atoms with E-state index in [-0.39, 0.29) is 6.10 Å². The van der Waals surface area contributed by atoms with Gasteiger partial charge in [0.1, 0.15) is 0 Å². The van der Waals surface area contributed by atoms with E-state index in [0.717, 1.165) is 52.4 Å². The minimum absolute atomic E-state index is 0.208. The Labute approximate surface area is 112 Å². The van der Waals surface area contributed by atoms with E-state index in [2.05, 4.69) is 29.0 Å². The Hall–Kier alpha value is -0.160. The molecule has 18 heavy (non-hydrogen) atoms. The molecule has 0 amide bonds. The van der Waals surface area contributed by atoms with Crippen LogP contribution in [0.2, 0.25) is 0 Å². The molecule has 1 heterocycles. The maximum atomic E-state index is 10.2. The van der Waals surface area contributed by atoms with E-state index in [1.54, 1.807) is 0 Å². The molecule has 0 aromatic heterocycles. The summed E-state index contributed by atoms with van der Waals surface area (Å²) in [5.74, 6) is 0. The summed E-state index contributed by atoms with van der Waals surface area (Å²) in [4.78, 5) is 4.75. The molecule has 0 unspecified atom stereocenters. The lowest BCUT2D eigenvalue weighted by molar-refractivity contribution is 0.0770. The predicted octanol–water partition coefficient (Wildman–Crippen LogP) is 0.765. The van der Waals surface area contributed by atoms with Crippen LogP contribution in [0.3, 0.4) is 0 Å². The third-order valence-corrected chi connectivity index (χ3v) is 3.65. The van der Waals surface area contributed by atoms with Gasteiger partial charge in [-0.2, -0.15) is 0 Å². The SMILES string of the molecule is CCCCN(CC)C[C@@H](O)CN1CCCNCC1. The molecular formula is C14H31N3O. The molecule has 0 aromatic rings. The van der Waals surface area contributed by atoms with Gasteiger partial charge < -0.3 is 15.3 Å². The molecule has 0 bridgehead atoms. The molecule has 0 aliphatic carbocycles. The molecule has 1 aliphatic heterocycles. The fraction of sp³-hybridized carbons (Fsp3) is 1.00. The molecule has 2 N–H and O–H groups in total. The van der Waals surface area contributed by atoms with Gasteiger partial charge in [-0.15, -0.1) is 0 Å². The number of nitrogens with one attached hydrogen (secondary N) is 1. The second-order valence-corrected chi connectivity index (χ2v) is 5.30. The van der Waals surface area contributed by atoms with E-state index >= 15 is 0 Å². The van der Waals surface area contributed by atoms with Gasteiger partial charge in [-0.3, -0.25) is 4.90 Å². The molecule has 4 heteroatoms. The maximum Gasteiger partial charge on any atom is 0.0793 e. The Morgan fingerprint density at radius 3 is 2.83 bits per heavy atom. The molecule has 1 saturated heterocycles. The summed E-state index contributed by atoms with van der Waals surface area (Å²) in [6.45, 7) is 12.6. The highest BCUT2D eigenvalue weighted by atomic mass is 16.3. The van der Waals surface area contributed by atoms with Gasteiger partial charge >= 0.3 is 0 Å². The number of hydrogen-bond acceptors (Lipinski definition) is 4. The van der Waals surface area contributed by atoms with Gasteiger partial charge in [-0.25, -0.2) is 0 Å². The fourth-order valence-electron chi connectivity index (χ4n) is 2.50. The number of aliphatic hydroxyl groups is 1. The van der Waals surface area contributed by atoms with Gasteiger partial charge in [0.05, 0.1) is 6.10 Å². The van der Waals surface area contributed by atoms with Crippen LogP contribution in [-0.2, 0) is 0 Å². The van der Waals surface area contributed by atoms with Crippen molar-refractivity contribution in [3.05, 3.63) is 0 Å². The first-order valence-corrected chi connectivity index (χ1v) is 7.59. The zero-order valence-electron chi connectivity index (χ0n) is 12.2. The van der Waals surface area contributed by atoms with Crippen LogP contribution in [0, 0.1) is 0 Å². The van der Waals surface area contributed by atoms with Gasteiger partial charge in [0.2, 0.25) is 0 Å². The molecule has 1 fully saturated rings. The molecule has 4 nitrogen and oxygen atoms in total. The van der Waals surface area contributed by atoms with Crippen LogP contribution in [0.5, 0.6) is 0 Å². The second kappa shape index (κ2) is 9.73. The Morgan fingerprint density at radius 1 is 1.28 bits per heavy atom. The van der Waals surface area contributed by atoms with E-state index in [4.69, 9.17) is 0 Å². The van der Waals surface area contributed by atoms with E-state index in [1.165, 1.54) is 19.3 Å². The molecule has 1 aliphatic rings. The van der Waals surface area contributed by atoms with E-state index in [1.807, 2.05) is 0 Å². The first-order valence-electron chi connectivity index (χ1n) is 7.59. The van der Waals surface area contributed by atoms with Crippen molar-refractivity contribution in [3.63, 3.8) is 0 Å². The Morgan fingerprint density at radius 2 is 2.11 bits per heavy atom. The van der Waals surface area contributed by atoms with Crippen LogP contribution in [0.1, 0.15) is 33.1 Å². The number of aliphatic hydroxyl groups excluding tert-OH is 1. The van der Waals surface area contributed by atoms with Gasteiger partial charge in [0, 0.05) is 26.2 Å². The maximum absolute atomic E-state index is 10.2. The van der Waals surface area contributed by atoms with Crippen molar-refractivity contribution < 1.29 is 5.11 Å². The van der Waals surface area contributed by atoms with Crippen LogP contribution in [0.4, 0.5) is 0 Å². The Bertz CT molecular complexity index is 193. The number of hydrogen-bond donors (Lipinski definition) is 2. The minimum Gasteiger partial charge on any atom is -0.390 e. The van der Waals surface area contributed by atoms with Gasteiger partial charge in [-0.1, -0.05) is 20.3 Å². The van der Waals surface area contributed by atoms with Crippen molar-refractivity contribution in [1.29, 1.82) is 0 Å². The highest BCUT2D eigenvalue weighted by Crippen LogP contribution is 2.01. The molecular weight excluding hydrogens is 226 g/mol. The number of β-amino-alcohol motifs (C(OH)–C–C–N with tert-alkyl or cyclic N) is 1. The third kappa shape index (κ3) is 6.69. The average molecular weight is 257 g/mol. The zero-order valence-corrected chi connectivity index (χ0v) is 12.2. The monoisotopic (exact) mass is 257 g/mol. The smallest absolute Gasteiger partial charge is 0.0793 e. The largest absolute Gasteiger partial charge is 0.390 e. The van der Waals surface area contributed by atoms with Crippen LogP contribution in [0.25, 0.3) is 0 Å². The normalized spacial score (nSPS) is 20.0. The zero-order chi connectivity index (χ0) is 13.2. The summed E-state index contributed by atoms with van der Waals surface area (Å²) in [6.07, 6.45) is 3.44. The van der Waals surface area contributed by atoms with Crippen molar-refractivity contribution >= 4 is 0 Å². The quantitative estimate of drug-likeness (QED) is 0.673. The van der Waals surface area contributed by atoms with Gasteiger partial charge in [0.25, 0.3) is 0 Å². The minimum atomic E-state index is -0.208. The molecule has 0 spiro atoms. The van der Waals surface area contributed by atoms with Crippen LogP contribution in [-0.4, -0.2) is 73.4 Å². The molecule has 1 rings (SSSR count). The third-order valence-electron chi connectivity index (χ3n) is 3.65. The molecule has 0 saturated carbocycles. The fourth-order valence-corrected chi connectivity index (χ4v) is 2.50. The van der Waals surface area contributed by atoms with Crippen LogP contribution in [0.15, 0.2) is 0 Å². The first kappa shape index (κ1) is 15.9. The van der Waals surface area contributed by atoms with Crippen molar-refractivity contribution in [1.82, 2.24) is 15.1 Å². The Balaban J connectivity index is 2.22. The molecule has 0 radical (unpaired) electrons. The lowest BCUT2D eigenvalue weighted by Gasteiger charge is -2.27. The predicted molar refractivity (Wildman–Crippen MR) is 77.0 cm³/mol. The second-order valence-electron chi connectivity index (χ2n) is 5.30. The lowest BCUT2D eigenvalue weighted by atomic mass is 10.2. The van der Waals surface area contributed by atoms with Crippen LogP contribution >= 0.6 is 0 Å². The van der Waals surface area contributed by atoms with E-state index in [9.17, 15) is 5.11 Å². The summed E-state index contributed by atoms with van der Waals surface area (Å²) in [6, 6.07) is 0. The number of rotatable bonds is 8. The summed E-state index contributed by atoms with van der Waals surface area (Å²) >= 11 is 0. The number of likely N-dealkylation sites (N-methyl/N-ethyl adjacent to an activating group) is 1. The van der Waals surface area contributed by atoms with Crippen molar-refractivity contribution in [2.75, 3.05) is 52.4 Å². The van der Waals surface area contributed by atoms with E-state index in [0.29, 0.717) is 0 Å². The highest BCUT2D eigenvalue weighted by molar-refractivity contribution is 4.72.